The van der Waals surface area contributed by atoms with Crippen LogP contribution in [0, 0.1) is 13.8 Å². The standard InChI is InChI=1S/C26H31N5O5S2/c1-18-4-7-22(16-19(18)2)31-25(10-11-27-20(3)32)28-29-26(31)37-17-24(33)21-5-8-23(9-6-21)38(34,35)30-12-14-36-15-13-30/h4-9,16H,10-15,17H2,1-3H3,(H,27,32). The number of thioether (sulfide) groups is 1. The number of nitrogens with zero attached hydrogens (tertiary/aromatic N) is 4. The van der Waals surface area contributed by atoms with Crippen molar-refractivity contribution in [2.75, 3.05) is 38.6 Å². The van der Waals surface area contributed by atoms with Gasteiger partial charge in [-0.3, -0.25) is 14.2 Å². The summed E-state index contributed by atoms with van der Waals surface area (Å²) in [6.45, 7) is 7.31. The van der Waals surface area contributed by atoms with Crippen LogP contribution in [-0.4, -0.2) is 77.8 Å². The third kappa shape index (κ3) is 6.49. The number of aromatic nitrogens is 3. The molecule has 3 aromatic rings. The second-order valence-corrected chi connectivity index (χ2v) is 11.9. The Kier molecular flexibility index (Phi) is 8.98. The number of carbonyl (C=O) groups is 2. The van der Waals surface area contributed by atoms with Crippen LogP contribution < -0.4 is 5.32 Å². The van der Waals surface area contributed by atoms with Crippen LogP contribution in [0.3, 0.4) is 0 Å². The predicted octanol–water partition coefficient (Wildman–Crippen LogP) is 2.56. The summed E-state index contributed by atoms with van der Waals surface area (Å²) in [6, 6.07) is 12.1. The van der Waals surface area contributed by atoms with E-state index in [-0.39, 0.29) is 22.3 Å². The molecule has 1 aliphatic rings. The topological polar surface area (TPSA) is 123 Å². The molecule has 10 nitrogen and oxygen atoms in total. The number of amides is 1. The van der Waals surface area contributed by atoms with Crippen molar-refractivity contribution in [3.05, 3.63) is 65.0 Å². The highest BCUT2D eigenvalue weighted by Crippen LogP contribution is 2.25. The lowest BCUT2D eigenvalue weighted by Gasteiger charge is -2.26. The fourth-order valence-corrected chi connectivity index (χ4v) is 6.27. The van der Waals surface area contributed by atoms with Crippen LogP contribution >= 0.6 is 11.8 Å². The van der Waals surface area contributed by atoms with Gasteiger partial charge in [-0.15, -0.1) is 10.2 Å². The van der Waals surface area contributed by atoms with Gasteiger partial charge in [-0.2, -0.15) is 4.31 Å². The van der Waals surface area contributed by atoms with Crippen molar-refractivity contribution in [1.82, 2.24) is 24.4 Å². The van der Waals surface area contributed by atoms with E-state index in [1.54, 1.807) is 12.1 Å². The number of Topliss-reactive ketones (excluding diaryl/α,β-unsaturated/α-hetero) is 1. The van der Waals surface area contributed by atoms with Crippen LogP contribution in [0.1, 0.15) is 34.2 Å². The molecular formula is C26H31N5O5S2. The number of hydrogen-bond acceptors (Lipinski definition) is 8. The van der Waals surface area contributed by atoms with Gasteiger partial charge in [0.25, 0.3) is 0 Å². The largest absolute Gasteiger partial charge is 0.379 e. The second kappa shape index (κ2) is 12.2. The SMILES string of the molecule is CC(=O)NCCc1nnc(SCC(=O)c2ccc(S(=O)(=O)N3CCOCC3)cc2)n1-c1ccc(C)c(C)c1. The van der Waals surface area contributed by atoms with Crippen molar-refractivity contribution in [3.63, 3.8) is 0 Å². The molecule has 0 saturated carbocycles. The number of aryl methyl sites for hydroxylation is 2. The molecule has 38 heavy (non-hydrogen) atoms. The maximum Gasteiger partial charge on any atom is 0.243 e. The molecule has 1 amide bonds. The first-order chi connectivity index (χ1) is 18.2. The van der Waals surface area contributed by atoms with Gasteiger partial charge in [-0.1, -0.05) is 30.0 Å². The number of nitrogens with one attached hydrogen (secondary N) is 1. The molecule has 0 unspecified atom stereocenters. The van der Waals surface area contributed by atoms with E-state index in [1.807, 2.05) is 36.6 Å². The summed E-state index contributed by atoms with van der Waals surface area (Å²) < 4.78 is 34.2. The summed E-state index contributed by atoms with van der Waals surface area (Å²) in [6.07, 6.45) is 0.479. The molecule has 1 aliphatic heterocycles. The Morgan fingerprint density at radius 2 is 1.74 bits per heavy atom. The molecule has 0 radical (unpaired) electrons. The number of rotatable bonds is 10. The quantitative estimate of drug-likeness (QED) is 0.298. The molecule has 0 aliphatic carbocycles. The summed E-state index contributed by atoms with van der Waals surface area (Å²) in [5.74, 6) is 0.505. The van der Waals surface area contributed by atoms with Gasteiger partial charge in [0.15, 0.2) is 10.9 Å². The third-order valence-corrected chi connectivity index (χ3v) is 9.13. The lowest BCUT2D eigenvalue weighted by atomic mass is 10.1. The zero-order valence-electron chi connectivity index (χ0n) is 21.6. The average Bonchev–Trinajstić information content (AvgIpc) is 3.31. The zero-order valence-corrected chi connectivity index (χ0v) is 23.3. The molecule has 0 atom stereocenters. The molecule has 1 N–H and O–H groups in total. The highest BCUT2D eigenvalue weighted by atomic mass is 32.2. The van der Waals surface area contributed by atoms with E-state index in [0.29, 0.717) is 55.8 Å². The molecule has 0 spiro atoms. The van der Waals surface area contributed by atoms with E-state index in [4.69, 9.17) is 4.74 Å². The van der Waals surface area contributed by atoms with Gasteiger partial charge in [0.05, 0.1) is 23.9 Å². The first kappa shape index (κ1) is 28.0. The second-order valence-electron chi connectivity index (χ2n) is 8.99. The number of morpholine rings is 1. The Hall–Kier alpha value is -3.06. The van der Waals surface area contributed by atoms with Crippen molar-refractivity contribution in [2.45, 2.75) is 37.2 Å². The molecule has 0 bridgehead atoms. The maximum absolute atomic E-state index is 13.0. The first-order valence-corrected chi connectivity index (χ1v) is 14.7. The Morgan fingerprint density at radius 3 is 2.39 bits per heavy atom. The first-order valence-electron chi connectivity index (χ1n) is 12.3. The third-order valence-electron chi connectivity index (χ3n) is 6.29. The van der Waals surface area contributed by atoms with Crippen LogP contribution in [0.25, 0.3) is 5.69 Å². The van der Waals surface area contributed by atoms with Crippen molar-refractivity contribution < 1.29 is 22.7 Å². The van der Waals surface area contributed by atoms with E-state index in [1.165, 1.54) is 35.1 Å². The monoisotopic (exact) mass is 557 g/mol. The van der Waals surface area contributed by atoms with Gasteiger partial charge < -0.3 is 10.1 Å². The van der Waals surface area contributed by atoms with Gasteiger partial charge in [0.2, 0.25) is 15.9 Å². The number of carbonyl (C=O) groups excluding carboxylic acids is 2. The molecule has 1 aromatic heterocycles. The van der Waals surface area contributed by atoms with Gasteiger partial charge in [-0.25, -0.2) is 8.42 Å². The molecule has 4 rings (SSSR count). The van der Waals surface area contributed by atoms with Crippen molar-refractivity contribution in [3.8, 4) is 5.69 Å². The van der Waals surface area contributed by atoms with Gasteiger partial charge in [0.1, 0.15) is 5.82 Å². The highest BCUT2D eigenvalue weighted by Gasteiger charge is 2.26. The van der Waals surface area contributed by atoms with Crippen LogP contribution in [-0.2, 0) is 26.0 Å². The maximum atomic E-state index is 13.0. The predicted molar refractivity (Wildman–Crippen MR) is 144 cm³/mol. The summed E-state index contributed by atoms with van der Waals surface area (Å²) in [5, 5.41) is 12.0. The summed E-state index contributed by atoms with van der Waals surface area (Å²) in [7, 11) is -3.62. The summed E-state index contributed by atoms with van der Waals surface area (Å²) in [5.41, 5.74) is 3.57. The Labute approximate surface area is 226 Å². The number of ketones is 1. The molecule has 202 valence electrons. The van der Waals surface area contributed by atoms with E-state index >= 15 is 0 Å². The summed E-state index contributed by atoms with van der Waals surface area (Å²) in [4.78, 5) is 24.4. The zero-order chi connectivity index (χ0) is 27.3. The van der Waals surface area contributed by atoms with Crippen LogP contribution in [0.2, 0.25) is 0 Å². The van der Waals surface area contributed by atoms with Crippen molar-refractivity contribution in [2.24, 2.45) is 0 Å². The molecule has 2 aromatic carbocycles. The van der Waals surface area contributed by atoms with Crippen LogP contribution in [0.5, 0.6) is 0 Å². The Balaban J connectivity index is 1.49. The van der Waals surface area contributed by atoms with Crippen LogP contribution in [0.15, 0.2) is 52.5 Å². The summed E-state index contributed by atoms with van der Waals surface area (Å²) >= 11 is 1.26. The number of hydrogen-bond donors (Lipinski definition) is 1. The minimum atomic E-state index is -3.62. The smallest absolute Gasteiger partial charge is 0.243 e. The molecule has 12 heteroatoms. The highest BCUT2D eigenvalue weighted by molar-refractivity contribution is 7.99. The van der Waals surface area contributed by atoms with Crippen molar-refractivity contribution >= 4 is 33.5 Å². The fourth-order valence-electron chi connectivity index (χ4n) is 3.99. The van der Waals surface area contributed by atoms with Crippen molar-refractivity contribution in [1.29, 1.82) is 0 Å². The average molecular weight is 558 g/mol. The lowest BCUT2D eigenvalue weighted by Crippen LogP contribution is -2.40. The van der Waals surface area contributed by atoms with E-state index < -0.39 is 10.0 Å². The van der Waals surface area contributed by atoms with Crippen LogP contribution in [0.4, 0.5) is 0 Å². The molecule has 2 heterocycles. The fraction of sp³-hybridized carbons (Fsp3) is 0.385. The molecule has 1 fully saturated rings. The molecular weight excluding hydrogens is 526 g/mol. The van der Waals surface area contributed by atoms with E-state index in [9.17, 15) is 18.0 Å². The Morgan fingerprint density at radius 1 is 1.03 bits per heavy atom. The number of sulfonamides is 1. The minimum Gasteiger partial charge on any atom is -0.379 e. The van der Waals surface area contributed by atoms with Gasteiger partial charge >= 0.3 is 0 Å². The van der Waals surface area contributed by atoms with E-state index in [2.05, 4.69) is 15.5 Å². The van der Waals surface area contributed by atoms with Gasteiger partial charge in [0, 0.05) is 44.2 Å². The Bertz CT molecular complexity index is 1410. The van der Waals surface area contributed by atoms with E-state index in [0.717, 1.165) is 16.8 Å². The normalized spacial score (nSPS) is 14.4. The number of ether oxygens (including phenoxy) is 1. The number of benzene rings is 2. The lowest BCUT2D eigenvalue weighted by molar-refractivity contribution is -0.118. The minimum absolute atomic E-state index is 0.101. The van der Waals surface area contributed by atoms with Gasteiger partial charge in [-0.05, 0) is 49.2 Å². The molecule has 1 saturated heterocycles.